The van der Waals surface area contributed by atoms with Crippen molar-refractivity contribution in [3.63, 3.8) is 0 Å². The second-order valence-electron chi connectivity index (χ2n) is 6.62. The Morgan fingerprint density at radius 3 is 2.48 bits per heavy atom. The van der Waals surface area contributed by atoms with Gasteiger partial charge in [0.05, 0.1) is 17.7 Å². The van der Waals surface area contributed by atoms with E-state index in [0.29, 0.717) is 4.88 Å². The van der Waals surface area contributed by atoms with E-state index in [4.69, 9.17) is 5.73 Å². The van der Waals surface area contributed by atoms with Gasteiger partial charge in [0.2, 0.25) is 5.91 Å². The van der Waals surface area contributed by atoms with Crippen LogP contribution in [0.25, 0.3) is 0 Å². The van der Waals surface area contributed by atoms with Gasteiger partial charge in [0, 0.05) is 11.5 Å². The Morgan fingerprint density at radius 2 is 2.00 bits per heavy atom. The van der Waals surface area contributed by atoms with Gasteiger partial charge in [-0.25, -0.2) is 4.98 Å². The van der Waals surface area contributed by atoms with Crippen molar-refractivity contribution in [3.8, 4) is 0 Å². The topological polar surface area (TPSA) is 76.3 Å². The predicted octanol–water partition coefficient (Wildman–Crippen LogP) is 2.31. The van der Waals surface area contributed by atoms with Crippen LogP contribution in [0.1, 0.15) is 61.1 Å². The summed E-state index contributed by atoms with van der Waals surface area (Å²) in [5, 5.41) is 0.927. The minimum absolute atomic E-state index is 0.00769. The first-order chi connectivity index (χ1) is 9.79. The molecule has 1 fully saturated rings. The molecule has 6 heteroatoms. The summed E-state index contributed by atoms with van der Waals surface area (Å²) in [5.74, 6) is -0.579. The van der Waals surface area contributed by atoms with E-state index in [1.54, 1.807) is 11.1 Å². The molecule has 0 spiro atoms. The van der Waals surface area contributed by atoms with Crippen LogP contribution in [-0.4, -0.2) is 34.3 Å². The van der Waals surface area contributed by atoms with Crippen molar-refractivity contribution in [2.75, 3.05) is 6.54 Å². The van der Waals surface area contributed by atoms with Gasteiger partial charge in [-0.05, 0) is 12.8 Å². The number of primary amides is 1. The standard InChI is InChI=1S/C15H23N3O2S/c1-15(2,3)14-17-8-11(21-14)13(20)18(9-12(16)19)10-6-4-5-7-10/h8,10H,4-7,9H2,1-3H3,(H2,16,19). The van der Waals surface area contributed by atoms with Crippen LogP contribution in [0.2, 0.25) is 0 Å². The zero-order chi connectivity index (χ0) is 15.6. The molecule has 1 aromatic heterocycles. The monoisotopic (exact) mass is 309 g/mol. The van der Waals surface area contributed by atoms with E-state index in [0.717, 1.165) is 30.7 Å². The number of rotatable bonds is 4. The van der Waals surface area contributed by atoms with Crippen molar-refractivity contribution in [2.24, 2.45) is 5.73 Å². The Balaban J connectivity index is 2.21. The lowest BCUT2D eigenvalue weighted by molar-refractivity contribution is -0.119. The third-order valence-electron chi connectivity index (χ3n) is 3.71. The summed E-state index contributed by atoms with van der Waals surface area (Å²) < 4.78 is 0. The fourth-order valence-corrected chi connectivity index (χ4v) is 3.54. The highest BCUT2D eigenvalue weighted by atomic mass is 32.1. The van der Waals surface area contributed by atoms with Crippen molar-refractivity contribution in [2.45, 2.75) is 57.9 Å². The van der Waals surface area contributed by atoms with Gasteiger partial charge in [0.25, 0.3) is 5.91 Å². The summed E-state index contributed by atoms with van der Waals surface area (Å²) in [6.07, 6.45) is 5.72. The quantitative estimate of drug-likeness (QED) is 0.927. The molecule has 1 aliphatic rings. The molecule has 1 aromatic rings. The maximum absolute atomic E-state index is 12.7. The number of carbonyl (C=O) groups is 2. The van der Waals surface area contributed by atoms with E-state index in [2.05, 4.69) is 25.8 Å². The predicted molar refractivity (Wildman–Crippen MR) is 83.3 cm³/mol. The van der Waals surface area contributed by atoms with E-state index in [9.17, 15) is 9.59 Å². The van der Waals surface area contributed by atoms with Crippen LogP contribution in [0.15, 0.2) is 6.20 Å². The molecule has 0 unspecified atom stereocenters. The second-order valence-corrected chi connectivity index (χ2v) is 7.65. The van der Waals surface area contributed by atoms with Gasteiger partial charge in [-0.3, -0.25) is 9.59 Å². The SMILES string of the molecule is CC(C)(C)c1ncc(C(=O)N(CC(N)=O)C2CCCC2)s1. The number of nitrogens with two attached hydrogens (primary N) is 1. The van der Waals surface area contributed by atoms with Crippen molar-refractivity contribution in [1.82, 2.24) is 9.88 Å². The minimum Gasteiger partial charge on any atom is -0.368 e. The summed E-state index contributed by atoms with van der Waals surface area (Å²) in [7, 11) is 0. The largest absolute Gasteiger partial charge is 0.368 e. The van der Waals surface area contributed by atoms with Crippen LogP contribution in [0.4, 0.5) is 0 Å². The van der Waals surface area contributed by atoms with E-state index >= 15 is 0 Å². The highest BCUT2D eigenvalue weighted by Crippen LogP contribution is 2.29. The summed E-state index contributed by atoms with van der Waals surface area (Å²) >= 11 is 1.41. The van der Waals surface area contributed by atoms with Gasteiger partial charge < -0.3 is 10.6 Å². The zero-order valence-corrected chi connectivity index (χ0v) is 13.7. The van der Waals surface area contributed by atoms with Crippen molar-refractivity contribution in [1.29, 1.82) is 0 Å². The van der Waals surface area contributed by atoms with E-state index in [1.807, 2.05) is 0 Å². The Bertz CT molecular complexity index is 527. The molecule has 0 saturated heterocycles. The second kappa shape index (κ2) is 6.13. The van der Waals surface area contributed by atoms with Gasteiger partial charge >= 0.3 is 0 Å². The molecule has 2 amide bonds. The maximum atomic E-state index is 12.7. The van der Waals surface area contributed by atoms with Crippen molar-refractivity contribution >= 4 is 23.2 Å². The lowest BCUT2D eigenvalue weighted by atomic mass is 9.98. The maximum Gasteiger partial charge on any atom is 0.266 e. The summed E-state index contributed by atoms with van der Waals surface area (Å²) in [5.41, 5.74) is 5.23. The summed E-state index contributed by atoms with van der Waals surface area (Å²) in [6.45, 7) is 6.20. The van der Waals surface area contributed by atoms with Gasteiger partial charge in [-0.15, -0.1) is 11.3 Å². The molecule has 5 nitrogen and oxygen atoms in total. The molecular weight excluding hydrogens is 286 g/mol. The van der Waals surface area contributed by atoms with E-state index < -0.39 is 5.91 Å². The first kappa shape index (κ1) is 15.9. The molecule has 1 heterocycles. The number of nitrogens with zero attached hydrogens (tertiary/aromatic N) is 2. The van der Waals surface area contributed by atoms with Crippen LogP contribution in [0.5, 0.6) is 0 Å². The van der Waals surface area contributed by atoms with Crippen LogP contribution in [0.3, 0.4) is 0 Å². The van der Waals surface area contributed by atoms with E-state index in [1.165, 1.54) is 11.3 Å². The van der Waals surface area contributed by atoms with Crippen LogP contribution in [0, 0.1) is 0 Å². The van der Waals surface area contributed by atoms with Crippen molar-refractivity contribution in [3.05, 3.63) is 16.1 Å². The van der Waals surface area contributed by atoms with Crippen molar-refractivity contribution < 1.29 is 9.59 Å². The highest BCUT2D eigenvalue weighted by molar-refractivity contribution is 7.13. The Morgan fingerprint density at radius 1 is 1.38 bits per heavy atom. The molecule has 0 aliphatic heterocycles. The van der Waals surface area contributed by atoms with Gasteiger partial charge in [-0.1, -0.05) is 33.6 Å². The highest BCUT2D eigenvalue weighted by Gasteiger charge is 2.30. The lowest BCUT2D eigenvalue weighted by Crippen LogP contribution is -2.43. The third kappa shape index (κ3) is 3.81. The molecule has 0 atom stereocenters. The molecule has 0 bridgehead atoms. The molecule has 0 aromatic carbocycles. The molecule has 1 aliphatic carbocycles. The smallest absolute Gasteiger partial charge is 0.266 e. The average molecular weight is 309 g/mol. The molecule has 2 rings (SSSR count). The Labute approximate surface area is 129 Å². The van der Waals surface area contributed by atoms with Gasteiger partial charge in [-0.2, -0.15) is 0 Å². The van der Waals surface area contributed by atoms with Crippen LogP contribution in [-0.2, 0) is 10.2 Å². The Hall–Kier alpha value is -1.43. The molecule has 0 radical (unpaired) electrons. The molecule has 116 valence electrons. The molecule has 21 heavy (non-hydrogen) atoms. The number of amides is 2. The minimum atomic E-state index is -0.462. The normalized spacial score (nSPS) is 16.1. The number of carbonyl (C=O) groups excluding carboxylic acids is 2. The zero-order valence-electron chi connectivity index (χ0n) is 12.9. The fourth-order valence-electron chi connectivity index (χ4n) is 2.61. The van der Waals surface area contributed by atoms with E-state index in [-0.39, 0.29) is 23.9 Å². The third-order valence-corrected chi connectivity index (χ3v) is 5.12. The fraction of sp³-hybridized carbons (Fsp3) is 0.667. The summed E-state index contributed by atoms with van der Waals surface area (Å²) in [6, 6.07) is 0.130. The van der Waals surface area contributed by atoms with Crippen LogP contribution >= 0.6 is 11.3 Å². The molecule has 1 saturated carbocycles. The Kier molecular flexibility index (Phi) is 4.66. The average Bonchev–Trinajstić information content (AvgIpc) is 3.04. The molecular formula is C15H23N3O2S. The number of aromatic nitrogens is 1. The number of hydrogen-bond acceptors (Lipinski definition) is 4. The summed E-state index contributed by atoms with van der Waals surface area (Å²) in [4.78, 5) is 30.6. The lowest BCUT2D eigenvalue weighted by Gasteiger charge is -2.27. The van der Waals surface area contributed by atoms with Gasteiger partial charge in [0.15, 0.2) is 0 Å². The van der Waals surface area contributed by atoms with Gasteiger partial charge in [0.1, 0.15) is 4.88 Å². The number of hydrogen-bond donors (Lipinski definition) is 1. The molecule has 2 N–H and O–H groups in total. The number of thiazole rings is 1. The first-order valence-corrected chi connectivity index (χ1v) is 8.16. The van der Waals surface area contributed by atoms with Crippen LogP contribution < -0.4 is 5.73 Å². The first-order valence-electron chi connectivity index (χ1n) is 7.34.